The average Bonchev–Trinajstić information content (AvgIpc) is 2.37. The maximum Gasteiger partial charge on any atom is 0.134 e. The molecule has 0 aromatic carbocycles. The number of thioether (sulfide) groups is 1. The first-order valence-corrected chi connectivity index (χ1v) is 8.16. The van der Waals surface area contributed by atoms with Gasteiger partial charge in [0.05, 0.1) is 0 Å². The molecule has 1 fully saturated rings. The molecule has 5 heteroatoms. The quantitative estimate of drug-likeness (QED) is 0.838. The second kappa shape index (κ2) is 7.19. The minimum Gasteiger partial charge on any atom is -0.370 e. The summed E-state index contributed by atoms with van der Waals surface area (Å²) in [5.41, 5.74) is 0. The molecule has 1 aromatic rings. The van der Waals surface area contributed by atoms with Crippen LogP contribution in [0.3, 0.4) is 0 Å². The lowest BCUT2D eigenvalue weighted by Gasteiger charge is -2.21. The molecule has 2 rings (SSSR count). The van der Waals surface area contributed by atoms with Gasteiger partial charge in [-0.2, -0.15) is 11.8 Å². The molecule has 100 valence electrons. The number of hydrogen-bond acceptors (Lipinski definition) is 4. The van der Waals surface area contributed by atoms with E-state index >= 15 is 0 Å². The summed E-state index contributed by atoms with van der Waals surface area (Å²) in [5, 5.41) is 3.95. The van der Waals surface area contributed by atoms with Crippen molar-refractivity contribution in [3.8, 4) is 0 Å². The lowest BCUT2D eigenvalue weighted by atomic mass is 10.0. The third-order valence-corrected chi connectivity index (χ3v) is 4.37. The predicted molar refractivity (Wildman–Crippen MR) is 79.6 cm³/mol. The second-order valence-electron chi connectivity index (χ2n) is 4.68. The zero-order valence-electron chi connectivity index (χ0n) is 10.8. The molecular formula is C13H20ClN3S. The molecule has 0 radical (unpaired) electrons. The lowest BCUT2D eigenvalue weighted by Crippen LogP contribution is -2.19. The number of halogens is 1. The highest BCUT2D eigenvalue weighted by atomic mass is 35.5. The number of aryl methyl sites for hydroxylation is 1. The molecule has 0 spiro atoms. The van der Waals surface area contributed by atoms with Crippen molar-refractivity contribution >= 4 is 29.2 Å². The zero-order chi connectivity index (χ0) is 12.8. The monoisotopic (exact) mass is 285 g/mol. The normalized spacial score (nSPS) is 16.8. The van der Waals surface area contributed by atoms with E-state index in [0.29, 0.717) is 5.15 Å². The molecule has 1 aliphatic rings. The standard InChI is InChI=1S/C13H20ClN3S/c1-2-3-12-16-11(14)8-13(17-12)15-9-10-4-6-18-7-5-10/h8,10H,2-7,9H2,1H3,(H,15,16,17). The molecule has 0 bridgehead atoms. The van der Waals surface area contributed by atoms with E-state index in [9.17, 15) is 0 Å². The number of anilines is 1. The van der Waals surface area contributed by atoms with E-state index < -0.39 is 0 Å². The van der Waals surface area contributed by atoms with Gasteiger partial charge >= 0.3 is 0 Å². The SMILES string of the molecule is CCCc1nc(Cl)cc(NCC2CCSCC2)n1. The first-order valence-electron chi connectivity index (χ1n) is 6.63. The van der Waals surface area contributed by atoms with Crippen LogP contribution in [0.2, 0.25) is 5.15 Å². The molecule has 2 heterocycles. The van der Waals surface area contributed by atoms with Gasteiger partial charge in [-0.15, -0.1) is 0 Å². The third-order valence-electron chi connectivity index (χ3n) is 3.13. The Bertz CT molecular complexity index is 380. The van der Waals surface area contributed by atoms with Gasteiger partial charge in [-0.25, -0.2) is 9.97 Å². The maximum atomic E-state index is 6.01. The molecule has 0 atom stereocenters. The van der Waals surface area contributed by atoms with Crippen LogP contribution in [-0.4, -0.2) is 28.0 Å². The minimum atomic E-state index is 0.537. The summed E-state index contributed by atoms with van der Waals surface area (Å²) in [6.07, 6.45) is 4.53. The van der Waals surface area contributed by atoms with E-state index in [4.69, 9.17) is 11.6 Å². The van der Waals surface area contributed by atoms with E-state index in [2.05, 4.69) is 34.0 Å². The van der Waals surface area contributed by atoms with Crippen molar-refractivity contribution in [1.29, 1.82) is 0 Å². The molecular weight excluding hydrogens is 266 g/mol. The number of rotatable bonds is 5. The molecule has 1 N–H and O–H groups in total. The average molecular weight is 286 g/mol. The van der Waals surface area contributed by atoms with Crippen molar-refractivity contribution in [3.05, 3.63) is 17.0 Å². The molecule has 0 saturated carbocycles. The van der Waals surface area contributed by atoms with Crippen molar-refractivity contribution in [3.63, 3.8) is 0 Å². The van der Waals surface area contributed by atoms with Gasteiger partial charge in [-0.3, -0.25) is 0 Å². The van der Waals surface area contributed by atoms with Crippen LogP contribution in [0.1, 0.15) is 32.0 Å². The molecule has 1 saturated heterocycles. The number of aromatic nitrogens is 2. The van der Waals surface area contributed by atoms with Crippen LogP contribution in [0.15, 0.2) is 6.07 Å². The Morgan fingerprint density at radius 3 is 2.89 bits per heavy atom. The van der Waals surface area contributed by atoms with Gasteiger partial charge in [-0.05, 0) is 36.7 Å². The van der Waals surface area contributed by atoms with Crippen LogP contribution in [0.4, 0.5) is 5.82 Å². The largest absolute Gasteiger partial charge is 0.370 e. The van der Waals surface area contributed by atoms with Gasteiger partial charge < -0.3 is 5.32 Å². The Balaban J connectivity index is 1.91. The Kier molecular flexibility index (Phi) is 5.57. The maximum absolute atomic E-state index is 6.01. The summed E-state index contributed by atoms with van der Waals surface area (Å²) < 4.78 is 0. The second-order valence-corrected chi connectivity index (χ2v) is 6.29. The van der Waals surface area contributed by atoms with Gasteiger partial charge in [0, 0.05) is 19.0 Å². The van der Waals surface area contributed by atoms with Crippen LogP contribution < -0.4 is 5.32 Å². The Hall–Kier alpha value is -0.480. The molecule has 0 unspecified atom stereocenters. The summed E-state index contributed by atoms with van der Waals surface area (Å²) in [7, 11) is 0. The summed E-state index contributed by atoms with van der Waals surface area (Å²) >= 11 is 8.07. The van der Waals surface area contributed by atoms with Gasteiger partial charge in [0.15, 0.2) is 0 Å². The van der Waals surface area contributed by atoms with E-state index in [1.807, 2.05) is 6.07 Å². The van der Waals surface area contributed by atoms with E-state index in [0.717, 1.165) is 36.9 Å². The number of nitrogens with one attached hydrogen (secondary N) is 1. The van der Waals surface area contributed by atoms with Gasteiger partial charge in [0.1, 0.15) is 16.8 Å². The van der Waals surface area contributed by atoms with Gasteiger partial charge in [0.25, 0.3) is 0 Å². The van der Waals surface area contributed by atoms with Crippen LogP contribution in [0.25, 0.3) is 0 Å². The predicted octanol–water partition coefficient (Wildman–Crippen LogP) is 3.64. The number of nitrogens with zero attached hydrogens (tertiary/aromatic N) is 2. The van der Waals surface area contributed by atoms with E-state index in [1.165, 1.54) is 24.3 Å². The molecule has 0 aliphatic carbocycles. The fraction of sp³-hybridized carbons (Fsp3) is 0.692. The highest BCUT2D eigenvalue weighted by Crippen LogP contribution is 2.23. The summed E-state index contributed by atoms with van der Waals surface area (Å²) in [6.45, 7) is 3.12. The molecule has 1 aliphatic heterocycles. The van der Waals surface area contributed by atoms with E-state index in [-0.39, 0.29) is 0 Å². The van der Waals surface area contributed by atoms with Crippen molar-refractivity contribution < 1.29 is 0 Å². The van der Waals surface area contributed by atoms with E-state index in [1.54, 1.807) is 0 Å². The molecule has 3 nitrogen and oxygen atoms in total. The van der Waals surface area contributed by atoms with Crippen LogP contribution >= 0.6 is 23.4 Å². The Morgan fingerprint density at radius 1 is 1.39 bits per heavy atom. The van der Waals surface area contributed by atoms with Crippen molar-refractivity contribution in [1.82, 2.24) is 9.97 Å². The summed E-state index contributed by atoms with van der Waals surface area (Å²) in [5.74, 6) is 5.06. The summed E-state index contributed by atoms with van der Waals surface area (Å²) in [4.78, 5) is 8.73. The highest BCUT2D eigenvalue weighted by molar-refractivity contribution is 7.99. The molecule has 1 aromatic heterocycles. The topological polar surface area (TPSA) is 37.8 Å². The van der Waals surface area contributed by atoms with Crippen molar-refractivity contribution in [2.45, 2.75) is 32.6 Å². The first-order chi connectivity index (χ1) is 8.78. The van der Waals surface area contributed by atoms with Crippen LogP contribution in [-0.2, 0) is 6.42 Å². The minimum absolute atomic E-state index is 0.537. The van der Waals surface area contributed by atoms with Gasteiger partial charge in [-0.1, -0.05) is 18.5 Å². The van der Waals surface area contributed by atoms with Crippen LogP contribution in [0.5, 0.6) is 0 Å². The number of hydrogen-bond donors (Lipinski definition) is 1. The zero-order valence-corrected chi connectivity index (χ0v) is 12.4. The third kappa shape index (κ3) is 4.32. The fourth-order valence-electron chi connectivity index (χ4n) is 2.09. The first kappa shape index (κ1) is 13.9. The van der Waals surface area contributed by atoms with Crippen molar-refractivity contribution in [2.75, 3.05) is 23.4 Å². The molecule has 18 heavy (non-hydrogen) atoms. The highest BCUT2D eigenvalue weighted by Gasteiger charge is 2.13. The van der Waals surface area contributed by atoms with Crippen molar-refractivity contribution in [2.24, 2.45) is 5.92 Å². The molecule has 0 amide bonds. The lowest BCUT2D eigenvalue weighted by molar-refractivity contribution is 0.515. The van der Waals surface area contributed by atoms with Gasteiger partial charge in [0.2, 0.25) is 0 Å². The van der Waals surface area contributed by atoms with Crippen LogP contribution in [0, 0.1) is 5.92 Å². The smallest absolute Gasteiger partial charge is 0.134 e. The summed E-state index contributed by atoms with van der Waals surface area (Å²) in [6, 6.07) is 1.82. The Morgan fingerprint density at radius 2 is 2.17 bits per heavy atom. The Labute approximate surface area is 118 Å². The fourth-order valence-corrected chi connectivity index (χ4v) is 3.50.